The van der Waals surface area contributed by atoms with Crippen LogP contribution in [0.25, 0.3) is 0 Å². The van der Waals surface area contributed by atoms with E-state index in [1.807, 2.05) is 24.3 Å². The van der Waals surface area contributed by atoms with Crippen LogP contribution >= 0.6 is 0 Å². The first-order valence-corrected chi connectivity index (χ1v) is 5.50. The fraction of sp³-hybridized carbons (Fsp3) is 0.462. The molecule has 0 aliphatic rings. The number of benzene rings is 1. The maximum absolute atomic E-state index is 10.5. The van der Waals surface area contributed by atoms with Crippen LogP contribution in [0.1, 0.15) is 37.0 Å². The number of hydrogen-bond donors (Lipinski definition) is 1. The topological polar surface area (TPSA) is 46.5 Å². The summed E-state index contributed by atoms with van der Waals surface area (Å²) < 4.78 is 5.38. The van der Waals surface area contributed by atoms with Crippen LogP contribution in [0.2, 0.25) is 0 Å². The van der Waals surface area contributed by atoms with Crippen LogP contribution in [0.15, 0.2) is 24.3 Å². The van der Waals surface area contributed by atoms with Gasteiger partial charge in [0.25, 0.3) is 0 Å². The lowest BCUT2D eigenvalue weighted by Crippen LogP contribution is -2.03. The van der Waals surface area contributed by atoms with Crippen molar-refractivity contribution in [3.63, 3.8) is 0 Å². The second-order valence-corrected chi connectivity index (χ2v) is 3.83. The minimum absolute atomic E-state index is 0.0751. The monoisotopic (exact) mass is 222 g/mol. The maximum Gasteiger partial charge on any atom is 0.307 e. The van der Waals surface area contributed by atoms with Gasteiger partial charge in [0.2, 0.25) is 0 Å². The molecule has 16 heavy (non-hydrogen) atoms. The molecule has 1 atom stereocenters. The molecule has 0 saturated carbocycles. The van der Waals surface area contributed by atoms with Gasteiger partial charge in [0.1, 0.15) is 0 Å². The Morgan fingerprint density at radius 1 is 1.38 bits per heavy atom. The number of carboxylic acid groups (broad SMARTS) is 1. The minimum Gasteiger partial charge on any atom is -0.481 e. The van der Waals surface area contributed by atoms with E-state index in [9.17, 15) is 4.79 Å². The zero-order chi connectivity index (χ0) is 12.0. The summed E-state index contributed by atoms with van der Waals surface area (Å²) in [6.07, 6.45) is 2.24. The van der Waals surface area contributed by atoms with Crippen LogP contribution < -0.4 is 0 Å². The molecule has 3 heteroatoms. The standard InChI is InChI=1S/C13H18O3/c1-3-4-12(16-2)11-7-5-10(6-8-11)9-13(14)15/h5-8,12H,3-4,9H2,1-2H3,(H,14,15). The zero-order valence-electron chi connectivity index (χ0n) is 9.77. The Morgan fingerprint density at radius 2 is 2.00 bits per heavy atom. The summed E-state index contributed by atoms with van der Waals surface area (Å²) >= 11 is 0. The van der Waals surface area contributed by atoms with E-state index < -0.39 is 5.97 Å². The minimum atomic E-state index is -0.801. The molecule has 0 aromatic heterocycles. The Hall–Kier alpha value is -1.35. The summed E-state index contributed by atoms with van der Waals surface area (Å²) in [5, 5.41) is 8.65. The lowest BCUT2D eigenvalue weighted by atomic mass is 10.0. The molecule has 0 bridgehead atoms. The second-order valence-electron chi connectivity index (χ2n) is 3.83. The van der Waals surface area contributed by atoms with Gasteiger partial charge in [0, 0.05) is 7.11 Å². The molecule has 1 N–H and O–H groups in total. The van der Waals surface area contributed by atoms with Crippen molar-refractivity contribution in [1.82, 2.24) is 0 Å². The van der Waals surface area contributed by atoms with Crippen LogP contribution in [-0.2, 0) is 16.0 Å². The third-order valence-corrected chi connectivity index (χ3v) is 2.54. The van der Waals surface area contributed by atoms with E-state index in [0.29, 0.717) is 0 Å². The second kappa shape index (κ2) is 6.28. The molecule has 0 heterocycles. The summed E-state index contributed by atoms with van der Waals surface area (Å²) in [6, 6.07) is 7.60. The van der Waals surface area contributed by atoms with Gasteiger partial charge in [-0.2, -0.15) is 0 Å². The summed E-state index contributed by atoms with van der Waals surface area (Å²) in [6.45, 7) is 2.12. The number of ether oxygens (including phenoxy) is 1. The average molecular weight is 222 g/mol. The van der Waals surface area contributed by atoms with Gasteiger partial charge in [0.05, 0.1) is 12.5 Å². The molecule has 88 valence electrons. The average Bonchev–Trinajstić information content (AvgIpc) is 2.26. The largest absolute Gasteiger partial charge is 0.481 e. The Labute approximate surface area is 96.1 Å². The number of hydrogen-bond acceptors (Lipinski definition) is 2. The highest BCUT2D eigenvalue weighted by atomic mass is 16.5. The normalized spacial score (nSPS) is 12.4. The molecule has 0 radical (unpaired) electrons. The Kier molecular flexibility index (Phi) is 4.99. The van der Waals surface area contributed by atoms with Crippen molar-refractivity contribution in [1.29, 1.82) is 0 Å². The third-order valence-electron chi connectivity index (χ3n) is 2.54. The van der Waals surface area contributed by atoms with Gasteiger partial charge < -0.3 is 9.84 Å². The maximum atomic E-state index is 10.5. The quantitative estimate of drug-likeness (QED) is 0.805. The Balaban J connectivity index is 2.72. The van der Waals surface area contributed by atoms with Crippen molar-refractivity contribution in [3.8, 4) is 0 Å². The summed E-state index contributed by atoms with van der Waals surface area (Å²) in [5.41, 5.74) is 1.93. The number of rotatable bonds is 6. The molecule has 1 aromatic carbocycles. The van der Waals surface area contributed by atoms with Crippen molar-refractivity contribution in [2.75, 3.05) is 7.11 Å². The fourth-order valence-electron chi connectivity index (χ4n) is 1.71. The molecule has 0 amide bonds. The first kappa shape index (κ1) is 12.7. The molecular weight excluding hydrogens is 204 g/mol. The molecule has 0 spiro atoms. The van der Waals surface area contributed by atoms with Crippen LogP contribution in [0.3, 0.4) is 0 Å². The van der Waals surface area contributed by atoms with Crippen molar-refractivity contribution in [3.05, 3.63) is 35.4 Å². The molecule has 3 nitrogen and oxygen atoms in total. The Morgan fingerprint density at radius 3 is 2.44 bits per heavy atom. The first-order valence-electron chi connectivity index (χ1n) is 5.50. The van der Waals surface area contributed by atoms with Crippen molar-refractivity contribution in [2.24, 2.45) is 0 Å². The highest BCUT2D eigenvalue weighted by Crippen LogP contribution is 2.22. The summed E-state index contributed by atoms with van der Waals surface area (Å²) in [5.74, 6) is -0.801. The van der Waals surface area contributed by atoms with Gasteiger partial charge in [-0.25, -0.2) is 0 Å². The van der Waals surface area contributed by atoms with E-state index in [0.717, 1.165) is 24.0 Å². The van der Waals surface area contributed by atoms with Crippen LogP contribution in [0, 0.1) is 0 Å². The number of aliphatic carboxylic acids is 1. The van der Waals surface area contributed by atoms with Gasteiger partial charge in [-0.05, 0) is 17.5 Å². The molecule has 0 fully saturated rings. The first-order chi connectivity index (χ1) is 7.67. The van der Waals surface area contributed by atoms with E-state index in [4.69, 9.17) is 9.84 Å². The fourth-order valence-corrected chi connectivity index (χ4v) is 1.71. The van der Waals surface area contributed by atoms with Gasteiger partial charge in [-0.3, -0.25) is 4.79 Å². The molecule has 1 rings (SSSR count). The summed E-state index contributed by atoms with van der Waals surface area (Å²) in [7, 11) is 1.70. The zero-order valence-corrected chi connectivity index (χ0v) is 9.77. The van der Waals surface area contributed by atoms with E-state index in [-0.39, 0.29) is 12.5 Å². The third kappa shape index (κ3) is 3.66. The van der Waals surface area contributed by atoms with Crippen molar-refractivity contribution in [2.45, 2.75) is 32.3 Å². The number of methoxy groups -OCH3 is 1. The van der Waals surface area contributed by atoms with E-state index >= 15 is 0 Å². The lowest BCUT2D eigenvalue weighted by Gasteiger charge is -2.14. The summed E-state index contributed by atoms with van der Waals surface area (Å²) in [4.78, 5) is 10.5. The molecule has 0 saturated heterocycles. The van der Waals surface area contributed by atoms with Gasteiger partial charge in [-0.15, -0.1) is 0 Å². The SMILES string of the molecule is CCCC(OC)c1ccc(CC(=O)O)cc1. The number of carbonyl (C=O) groups is 1. The van der Waals surface area contributed by atoms with E-state index in [1.165, 1.54) is 0 Å². The number of carboxylic acids is 1. The molecule has 0 aliphatic heterocycles. The van der Waals surface area contributed by atoms with Crippen LogP contribution in [0.4, 0.5) is 0 Å². The highest BCUT2D eigenvalue weighted by Gasteiger charge is 2.09. The van der Waals surface area contributed by atoms with Crippen LogP contribution in [0.5, 0.6) is 0 Å². The van der Waals surface area contributed by atoms with E-state index in [2.05, 4.69) is 6.92 Å². The molecular formula is C13H18O3. The molecule has 1 unspecified atom stereocenters. The Bertz CT molecular complexity index is 330. The highest BCUT2D eigenvalue weighted by molar-refractivity contribution is 5.70. The smallest absolute Gasteiger partial charge is 0.307 e. The van der Waals surface area contributed by atoms with Crippen LogP contribution in [-0.4, -0.2) is 18.2 Å². The van der Waals surface area contributed by atoms with Crippen molar-refractivity contribution >= 4 is 5.97 Å². The van der Waals surface area contributed by atoms with Gasteiger partial charge in [0.15, 0.2) is 0 Å². The lowest BCUT2D eigenvalue weighted by molar-refractivity contribution is -0.136. The van der Waals surface area contributed by atoms with Crippen molar-refractivity contribution < 1.29 is 14.6 Å². The van der Waals surface area contributed by atoms with Gasteiger partial charge in [-0.1, -0.05) is 37.6 Å². The van der Waals surface area contributed by atoms with E-state index in [1.54, 1.807) is 7.11 Å². The predicted molar refractivity (Wildman–Crippen MR) is 62.4 cm³/mol. The predicted octanol–water partition coefficient (Wildman–Crippen LogP) is 2.80. The van der Waals surface area contributed by atoms with Gasteiger partial charge >= 0.3 is 5.97 Å². The molecule has 1 aromatic rings. The molecule has 0 aliphatic carbocycles.